The second-order valence-electron chi connectivity index (χ2n) is 4.37. The van der Waals surface area contributed by atoms with Gasteiger partial charge < -0.3 is 9.68 Å². The average molecular weight is 236 g/mol. The Hall–Kier alpha value is -1.84. The second kappa shape index (κ2) is 4.80. The standard InChI is InChI=1S/C15H13BO2/c17-16-15-9-8-13(10-14(15)11-18-16)7-6-12-4-2-1-3-5-12/h1-10,17H,11H2/b7-6+. The molecule has 88 valence electrons. The van der Waals surface area contributed by atoms with Gasteiger partial charge in [-0.3, -0.25) is 0 Å². The van der Waals surface area contributed by atoms with E-state index in [9.17, 15) is 5.02 Å². The zero-order chi connectivity index (χ0) is 12.4. The van der Waals surface area contributed by atoms with Crippen molar-refractivity contribution in [1.82, 2.24) is 0 Å². The van der Waals surface area contributed by atoms with Gasteiger partial charge in [0, 0.05) is 0 Å². The molecule has 2 aromatic carbocycles. The molecular weight excluding hydrogens is 223 g/mol. The molecule has 0 amide bonds. The van der Waals surface area contributed by atoms with Gasteiger partial charge >= 0.3 is 7.12 Å². The van der Waals surface area contributed by atoms with Crippen LogP contribution in [0.1, 0.15) is 16.7 Å². The van der Waals surface area contributed by atoms with Gasteiger partial charge in [0.25, 0.3) is 0 Å². The maximum atomic E-state index is 9.54. The molecule has 0 aliphatic carbocycles. The summed E-state index contributed by atoms with van der Waals surface area (Å²) in [5, 5.41) is 9.54. The molecule has 0 unspecified atom stereocenters. The number of hydrogen-bond acceptors (Lipinski definition) is 2. The topological polar surface area (TPSA) is 29.5 Å². The number of hydrogen-bond donors (Lipinski definition) is 1. The molecular formula is C15H13BO2. The molecule has 2 aromatic rings. The van der Waals surface area contributed by atoms with E-state index in [1.165, 1.54) is 5.56 Å². The summed E-state index contributed by atoms with van der Waals surface area (Å²) in [5.41, 5.74) is 4.24. The minimum absolute atomic E-state index is 0.490. The molecule has 1 heterocycles. The molecule has 0 bridgehead atoms. The molecule has 0 atom stereocenters. The highest BCUT2D eigenvalue weighted by Gasteiger charge is 2.26. The van der Waals surface area contributed by atoms with Gasteiger partial charge in [0.05, 0.1) is 6.61 Å². The lowest BCUT2D eigenvalue weighted by Gasteiger charge is -2.00. The van der Waals surface area contributed by atoms with Crippen LogP contribution in [0.2, 0.25) is 0 Å². The lowest BCUT2D eigenvalue weighted by atomic mass is 9.79. The zero-order valence-electron chi connectivity index (χ0n) is 9.91. The van der Waals surface area contributed by atoms with Crippen LogP contribution in [0.5, 0.6) is 0 Å². The lowest BCUT2D eigenvalue weighted by molar-refractivity contribution is 0.275. The summed E-state index contributed by atoms with van der Waals surface area (Å²) in [6.45, 7) is 0.490. The van der Waals surface area contributed by atoms with Crippen LogP contribution in [-0.2, 0) is 11.3 Å². The molecule has 1 N–H and O–H groups in total. The second-order valence-corrected chi connectivity index (χ2v) is 4.37. The van der Waals surface area contributed by atoms with Crippen molar-refractivity contribution in [2.24, 2.45) is 0 Å². The highest BCUT2D eigenvalue weighted by atomic mass is 16.5. The van der Waals surface area contributed by atoms with E-state index in [1.807, 2.05) is 30.3 Å². The van der Waals surface area contributed by atoms with Crippen molar-refractivity contribution >= 4 is 24.7 Å². The highest BCUT2D eigenvalue weighted by Crippen LogP contribution is 2.14. The third-order valence-electron chi connectivity index (χ3n) is 3.10. The van der Waals surface area contributed by atoms with E-state index >= 15 is 0 Å². The SMILES string of the molecule is OB1OCc2cc(/C=C/c3ccccc3)ccc21. The summed E-state index contributed by atoms with van der Waals surface area (Å²) in [5.74, 6) is 0. The molecule has 0 saturated heterocycles. The van der Waals surface area contributed by atoms with Crippen LogP contribution >= 0.6 is 0 Å². The fraction of sp³-hybridized carbons (Fsp3) is 0.0667. The van der Waals surface area contributed by atoms with E-state index in [0.717, 1.165) is 16.6 Å². The predicted octanol–water partition coefficient (Wildman–Crippen LogP) is 2.07. The Morgan fingerprint density at radius 1 is 1.00 bits per heavy atom. The molecule has 1 aliphatic rings. The Bertz CT molecular complexity index is 578. The summed E-state index contributed by atoms with van der Waals surface area (Å²) in [7, 11) is -0.757. The first-order valence-electron chi connectivity index (χ1n) is 5.98. The molecule has 1 aliphatic heterocycles. The van der Waals surface area contributed by atoms with Gasteiger partial charge in [0.1, 0.15) is 0 Å². The van der Waals surface area contributed by atoms with E-state index in [2.05, 4.69) is 30.4 Å². The predicted molar refractivity (Wildman–Crippen MR) is 74.2 cm³/mol. The van der Waals surface area contributed by atoms with Crippen molar-refractivity contribution in [2.75, 3.05) is 0 Å². The Morgan fingerprint density at radius 3 is 2.61 bits per heavy atom. The van der Waals surface area contributed by atoms with Gasteiger partial charge in [-0.2, -0.15) is 0 Å². The van der Waals surface area contributed by atoms with Crippen LogP contribution in [-0.4, -0.2) is 12.1 Å². The molecule has 18 heavy (non-hydrogen) atoms. The monoisotopic (exact) mass is 236 g/mol. The van der Waals surface area contributed by atoms with Crippen LogP contribution in [0.15, 0.2) is 48.5 Å². The summed E-state index contributed by atoms with van der Waals surface area (Å²) in [6, 6.07) is 16.2. The largest absolute Gasteiger partial charge is 0.491 e. The average Bonchev–Trinajstić information content (AvgIpc) is 2.79. The van der Waals surface area contributed by atoms with Crippen molar-refractivity contribution < 1.29 is 9.68 Å². The van der Waals surface area contributed by atoms with Crippen LogP contribution < -0.4 is 5.46 Å². The Kier molecular flexibility index (Phi) is 3.01. The third-order valence-corrected chi connectivity index (χ3v) is 3.10. The number of rotatable bonds is 2. The van der Waals surface area contributed by atoms with Crippen molar-refractivity contribution in [3.05, 3.63) is 65.2 Å². The van der Waals surface area contributed by atoms with Crippen LogP contribution in [0.4, 0.5) is 0 Å². The highest BCUT2D eigenvalue weighted by molar-refractivity contribution is 6.61. The number of fused-ring (bicyclic) bond motifs is 1. The van der Waals surface area contributed by atoms with Crippen LogP contribution in [0.3, 0.4) is 0 Å². The first-order valence-corrected chi connectivity index (χ1v) is 5.98. The third kappa shape index (κ3) is 2.23. The van der Waals surface area contributed by atoms with Gasteiger partial charge in [-0.05, 0) is 28.2 Å². The van der Waals surface area contributed by atoms with Gasteiger partial charge in [0.2, 0.25) is 0 Å². The Morgan fingerprint density at radius 2 is 1.78 bits per heavy atom. The molecule has 2 nitrogen and oxygen atoms in total. The normalized spacial score (nSPS) is 14.2. The van der Waals surface area contributed by atoms with Gasteiger partial charge in [-0.15, -0.1) is 0 Å². The Labute approximate surface area is 107 Å². The molecule has 0 aromatic heterocycles. The van der Waals surface area contributed by atoms with E-state index in [4.69, 9.17) is 4.65 Å². The maximum Gasteiger partial charge on any atom is 0.491 e. The molecule has 3 rings (SSSR count). The van der Waals surface area contributed by atoms with Crippen molar-refractivity contribution in [3.63, 3.8) is 0 Å². The van der Waals surface area contributed by atoms with Gasteiger partial charge in [0.15, 0.2) is 0 Å². The lowest BCUT2D eigenvalue weighted by Crippen LogP contribution is -2.27. The first-order chi connectivity index (χ1) is 8.83. The summed E-state index contributed by atoms with van der Waals surface area (Å²) >= 11 is 0. The Balaban J connectivity index is 1.84. The van der Waals surface area contributed by atoms with E-state index in [0.29, 0.717) is 6.61 Å². The molecule has 0 fully saturated rings. The van der Waals surface area contributed by atoms with Crippen LogP contribution in [0, 0.1) is 0 Å². The van der Waals surface area contributed by atoms with Crippen molar-refractivity contribution in [3.8, 4) is 0 Å². The van der Waals surface area contributed by atoms with Crippen molar-refractivity contribution in [1.29, 1.82) is 0 Å². The van der Waals surface area contributed by atoms with Crippen molar-refractivity contribution in [2.45, 2.75) is 6.61 Å². The number of benzene rings is 2. The maximum absolute atomic E-state index is 9.54. The molecule has 0 saturated carbocycles. The van der Waals surface area contributed by atoms with E-state index < -0.39 is 7.12 Å². The van der Waals surface area contributed by atoms with Gasteiger partial charge in [-0.1, -0.05) is 54.6 Å². The van der Waals surface area contributed by atoms with E-state index in [-0.39, 0.29) is 0 Å². The summed E-state index contributed by atoms with van der Waals surface area (Å²) in [6.07, 6.45) is 4.15. The summed E-state index contributed by atoms with van der Waals surface area (Å²) in [4.78, 5) is 0. The van der Waals surface area contributed by atoms with Gasteiger partial charge in [-0.25, -0.2) is 0 Å². The zero-order valence-corrected chi connectivity index (χ0v) is 9.91. The molecule has 0 spiro atoms. The fourth-order valence-corrected chi connectivity index (χ4v) is 2.11. The minimum atomic E-state index is -0.757. The molecule has 0 radical (unpaired) electrons. The van der Waals surface area contributed by atoms with Crippen LogP contribution in [0.25, 0.3) is 12.2 Å². The van der Waals surface area contributed by atoms with E-state index in [1.54, 1.807) is 0 Å². The first kappa shape index (κ1) is 11.3. The smallest absolute Gasteiger partial charge is 0.423 e. The molecule has 3 heteroatoms. The quantitative estimate of drug-likeness (QED) is 0.638. The fourth-order valence-electron chi connectivity index (χ4n) is 2.11. The minimum Gasteiger partial charge on any atom is -0.423 e. The summed E-state index contributed by atoms with van der Waals surface area (Å²) < 4.78 is 5.17.